The summed E-state index contributed by atoms with van der Waals surface area (Å²) in [5.74, 6) is 1.15. The highest BCUT2D eigenvalue weighted by molar-refractivity contribution is 7.92. The summed E-state index contributed by atoms with van der Waals surface area (Å²) < 4.78 is 80.0. The highest BCUT2D eigenvalue weighted by Gasteiger charge is 2.35. The van der Waals surface area contributed by atoms with Crippen LogP contribution in [0.2, 0.25) is 0 Å². The Hall–Kier alpha value is -4.43. The Morgan fingerprint density at radius 3 is 2.43 bits per heavy atom. The minimum Gasteiger partial charge on any atom is -0.497 e. The molecule has 10 nitrogen and oxygen atoms in total. The van der Waals surface area contributed by atoms with Crippen molar-refractivity contribution in [3.8, 4) is 11.5 Å². The van der Waals surface area contributed by atoms with E-state index < -0.39 is 21.8 Å². The molecule has 0 bridgehead atoms. The molecule has 5 rings (SSSR count). The van der Waals surface area contributed by atoms with Crippen molar-refractivity contribution < 1.29 is 31.1 Å². The summed E-state index contributed by atoms with van der Waals surface area (Å²) in [7, 11) is 2.73. The number of halogens is 3. The first-order valence-electron chi connectivity index (χ1n) is 15.0. The fraction of sp³-hybridized carbons (Fsp3) is 0.364. The molecular weight excluding hydrogens is 633 g/mol. The molecule has 1 N–H and O–H groups in total. The second-order valence-electron chi connectivity index (χ2n) is 11.6. The number of aromatic nitrogens is 3. The van der Waals surface area contributed by atoms with E-state index in [-0.39, 0.29) is 35.4 Å². The fourth-order valence-corrected chi connectivity index (χ4v) is 7.28. The number of hydrogen-bond donors (Lipinski definition) is 1. The normalized spacial score (nSPS) is 18.5. The lowest BCUT2D eigenvalue weighted by atomic mass is 9.78. The molecule has 3 atom stereocenters. The Bertz CT molecular complexity index is 1760. The van der Waals surface area contributed by atoms with Gasteiger partial charge in [0.15, 0.2) is 5.03 Å². The van der Waals surface area contributed by atoms with Crippen molar-refractivity contribution in [2.24, 2.45) is 0 Å². The van der Waals surface area contributed by atoms with Gasteiger partial charge in [0.25, 0.3) is 10.0 Å². The Kier molecular flexibility index (Phi) is 10.2. The van der Waals surface area contributed by atoms with Crippen molar-refractivity contribution in [3.63, 3.8) is 0 Å². The van der Waals surface area contributed by atoms with Crippen molar-refractivity contribution in [1.82, 2.24) is 19.9 Å². The average molecular weight is 671 g/mol. The highest BCUT2D eigenvalue weighted by atomic mass is 32.2. The smallest absolute Gasteiger partial charge is 0.416 e. The Morgan fingerprint density at radius 1 is 0.979 bits per heavy atom. The minimum atomic E-state index is -4.39. The van der Waals surface area contributed by atoms with Crippen LogP contribution in [-0.2, 0) is 22.7 Å². The van der Waals surface area contributed by atoms with Gasteiger partial charge in [-0.1, -0.05) is 18.2 Å². The molecule has 14 heteroatoms. The molecule has 2 heterocycles. The van der Waals surface area contributed by atoms with Crippen molar-refractivity contribution in [3.05, 3.63) is 96.1 Å². The SMILES string of the molecule is COc1ccc(CN(c2ccncn2)S(=O)(=O)c2ccc(NC3CC[C@H](c4cccc(C(F)(F)F)c4)C[C@@H]3N(C)C)cn2)c(OC)c1. The van der Waals surface area contributed by atoms with Gasteiger partial charge < -0.3 is 19.7 Å². The van der Waals surface area contributed by atoms with Crippen LogP contribution in [0.5, 0.6) is 11.5 Å². The number of anilines is 2. The number of sulfonamides is 1. The zero-order valence-electron chi connectivity index (χ0n) is 26.5. The number of methoxy groups -OCH3 is 2. The van der Waals surface area contributed by atoms with E-state index in [1.54, 1.807) is 30.3 Å². The molecule has 2 aromatic carbocycles. The van der Waals surface area contributed by atoms with Crippen molar-refractivity contribution in [1.29, 1.82) is 0 Å². The molecule has 0 spiro atoms. The first kappa shape index (κ1) is 33.9. The summed E-state index contributed by atoms with van der Waals surface area (Å²) in [5, 5.41) is 3.31. The summed E-state index contributed by atoms with van der Waals surface area (Å²) in [4.78, 5) is 14.5. The number of nitrogens with zero attached hydrogens (tertiary/aromatic N) is 5. The third kappa shape index (κ3) is 7.76. The second-order valence-corrected chi connectivity index (χ2v) is 13.4. The molecule has 1 fully saturated rings. The molecular formula is C33H37F3N6O4S. The molecule has 4 aromatic rings. The van der Waals surface area contributed by atoms with Gasteiger partial charge in [-0.15, -0.1) is 0 Å². The maximum Gasteiger partial charge on any atom is 0.416 e. The monoisotopic (exact) mass is 670 g/mol. The van der Waals surface area contributed by atoms with Crippen molar-refractivity contribution in [2.45, 2.75) is 55.0 Å². The molecule has 1 saturated carbocycles. The predicted molar refractivity (Wildman–Crippen MR) is 172 cm³/mol. The number of hydrogen-bond acceptors (Lipinski definition) is 9. The third-order valence-corrected chi connectivity index (χ3v) is 10.1. The van der Waals surface area contributed by atoms with Gasteiger partial charge in [0.1, 0.15) is 23.6 Å². The number of alkyl halides is 3. The number of likely N-dealkylation sites (N-methyl/N-ethyl adjacent to an activating group) is 1. The minimum absolute atomic E-state index is 0.0134. The largest absolute Gasteiger partial charge is 0.497 e. The van der Waals surface area contributed by atoms with Crippen LogP contribution in [0.3, 0.4) is 0 Å². The zero-order valence-corrected chi connectivity index (χ0v) is 27.3. The van der Waals surface area contributed by atoms with E-state index in [9.17, 15) is 21.6 Å². The van der Waals surface area contributed by atoms with Crippen LogP contribution in [0.15, 0.2) is 84.4 Å². The molecule has 47 heavy (non-hydrogen) atoms. The topological polar surface area (TPSA) is 110 Å². The summed E-state index contributed by atoms with van der Waals surface area (Å²) in [6.45, 7) is -0.0895. The summed E-state index contributed by atoms with van der Waals surface area (Å²) in [5.41, 5.74) is 1.26. The van der Waals surface area contributed by atoms with Gasteiger partial charge in [0, 0.05) is 36.0 Å². The molecule has 0 amide bonds. The fourth-order valence-electron chi connectivity index (χ4n) is 5.96. The molecule has 1 unspecified atom stereocenters. The first-order chi connectivity index (χ1) is 22.4. The molecule has 1 aliphatic rings. The molecule has 0 aliphatic heterocycles. The maximum absolute atomic E-state index is 14.0. The van der Waals surface area contributed by atoms with Crippen molar-refractivity contribution >= 4 is 21.5 Å². The Morgan fingerprint density at radius 2 is 1.79 bits per heavy atom. The van der Waals surface area contributed by atoms with E-state index in [2.05, 4.69) is 25.2 Å². The van der Waals surface area contributed by atoms with Crippen LogP contribution in [0, 0.1) is 0 Å². The van der Waals surface area contributed by atoms with E-state index in [0.717, 1.165) is 10.4 Å². The van der Waals surface area contributed by atoms with E-state index in [0.29, 0.717) is 47.6 Å². The van der Waals surface area contributed by atoms with Gasteiger partial charge in [-0.25, -0.2) is 19.3 Å². The van der Waals surface area contributed by atoms with E-state index in [4.69, 9.17) is 9.47 Å². The number of rotatable bonds is 11. The Labute approximate surface area is 272 Å². The van der Waals surface area contributed by atoms with Crippen LogP contribution in [0.4, 0.5) is 24.7 Å². The van der Waals surface area contributed by atoms with Gasteiger partial charge in [-0.2, -0.15) is 21.6 Å². The molecule has 1 aliphatic carbocycles. The maximum atomic E-state index is 14.0. The summed E-state index contributed by atoms with van der Waals surface area (Å²) in [6, 6.07) is 15.3. The standard InChI is InChI=1S/C33H37F3N6O4S/c1-41(2)29-17-23(22-6-5-7-25(16-22)33(34,35)36)9-12-28(29)40-26-10-13-32(38-19-26)47(43,44)42(31-14-15-37-21-39-31)20-24-8-11-27(45-3)18-30(24)46-4/h5-8,10-11,13-16,18-19,21,23,28-29,40H,9,12,17,20H2,1-4H3/t23-,28?,29-/m0/s1. The van der Waals surface area contributed by atoms with Crippen LogP contribution in [-0.4, -0.2) is 68.7 Å². The zero-order chi connectivity index (χ0) is 33.8. The number of ether oxygens (including phenoxy) is 2. The van der Waals surface area contributed by atoms with Crippen LogP contribution < -0.4 is 19.1 Å². The lowest BCUT2D eigenvalue weighted by Gasteiger charge is -2.41. The molecule has 2 aromatic heterocycles. The third-order valence-electron chi connectivity index (χ3n) is 8.44. The highest BCUT2D eigenvalue weighted by Crippen LogP contribution is 2.38. The Balaban J connectivity index is 1.35. The van der Waals surface area contributed by atoms with Gasteiger partial charge in [-0.05, 0) is 75.2 Å². The second kappa shape index (κ2) is 14.1. The van der Waals surface area contributed by atoms with Gasteiger partial charge in [0.2, 0.25) is 0 Å². The van der Waals surface area contributed by atoms with Gasteiger partial charge in [-0.3, -0.25) is 0 Å². The van der Waals surface area contributed by atoms with E-state index in [1.165, 1.54) is 57.2 Å². The number of benzene rings is 2. The number of nitrogens with one attached hydrogen (secondary N) is 1. The van der Waals surface area contributed by atoms with E-state index >= 15 is 0 Å². The predicted octanol–water partition coefficient (Wildman–Crippen LogP) is 5.98. The van der Waals surface area contributed by atoms with Gasteiger partial charge in [0.05, 0.1) is 38.2 Å². The average Bonchev–Trinajstić information content (AvgIpc) is 3.07. The summed E-state index contributed by atoms with van der Waals surface area (Å²) >= 11 is 0. The number of pyridine rings is 1. The first-order valence-corrected chi connectivity index (χ1v) is 16.4. The summed E-state index contributed by atoms with van der Waals surface area (Å²) in [6.07, 6.45) is 1.88. The molecule has 0 radical (unpaired) electrons. The molecule has 0 saturated heterocycles. The van der Waals surface area contributed by atoms with Crippen LogP contribution >= 0.6 is 0 Å². The quantitative estimate of drug-likeness (QED) is 0.206. The van der Waals surface area contributed by atoms with Crippen LogP contribution in [0.1, 0.15) is 41.9 Å². The molecule has 250 valence electrons. The van der Waals surface area contributed by atoms with Gasteiger partial charge >= 0.3 is 6.18 Å². The van der Waals surface area contributed by atoms with E-state index in [1.807, 2.05) is 14.1 Å². The lowest BCUT2D eigenvalue weighted by Crippen LogP contribution is -2.47. The van der Waals surface area contributed by atoms with Crippen LogP contribution in [0.25, 0.3) is 0 Å². The lowest BCUT2D eigenvalue weighted by molar-refractivity contribution is -0.137. The van der Waals surface area contributed by atoms with Crippen molar-refractivity contribution in [2.75, 3.05) is 37.9 Å².